The number of hydrogen-bond acceptors (Lipinski definition) is 4. The molecule has 134 valence electrons. The van der Waals surface area contributed by atoms with Crippen molar-refractivity contribution in [2.75, 3.05) is 26.8 Å². The van der Waals surface area contributed by atoms with Gasteiger partial charge in [-0.2, -0.15) is 0 Å². The summed E-state index contributed by atoms with van der Waals surface area (Å²) in [4.78, 5) is 22.3. The zero-order valence-electron chi connectivity index (χ0n) is 14.6. The normalized spacial score (nSPS) is 10.9. The summed E-state index contributed by atoms with van der Waals surface area (Å²) in [6, 6.07) is 5.66. The number of carbonyl (C=O) groups is 2. The Kier molecular flexibility index (Phi) is 8.04. The second-order valence-electron chi connectivity index (χ2n) is 6.28. The van der Waals surface area contributed by atoms with Crippen LogP contribution in [0.3, 0.4) is 0 Å². The zero-order valence-corrected chi connectivity index (χ0v) is 16.2. The summed E-state index contributed by atoms with van der Waals surface area (Å²) < 4.78 is 11.1. The van der Waals surface area contributed by atoms with E-state index in [1.807, 2.05) is 6.07 Å². The van der Waals surface area contributed by atoms with Crippen molar-refractivity contribution in [1.29, 1.82) is 0 Å². The van der Waals surface area contributed by atoms with Gasteiger partial charge in [-0.25, -0.2) is 4.79 Å². The summed E-state index contributed by atoms with van der Waals surface area (Å²) in [6.07, 6.45) is 0.652. The van der Waals surface area contributed by atoms with Gasteiger partial charge in [0.15, 0.2) is 0 Å². The molecule has 0 aliphatic carbocycles. The Labute approximate surface area is 151 Å². The third-order valence-electron chi connectivity index (χ3n) is 3.28. The average molecular weight is 401 g/mol. The summed E-state index contributed by atoms with van der Waals surface area (Å²) in [7, 11) is 1.27. The molecular formula is C17H25BrN2O4. The number of methoxy groups -OCH3 is 1. The van der Waals surface area contributed by atoms with Crippen LogP contribution in [-0.4, -0.2) is 38.8 Å². The van der Waals surface area contributed by atoms with Gasteiger partial charge in [-0.1, -0.05) is 26.8 Å². The number of amides is 2. The van der Waals surface area contributed by atoms with E-state index in [9.17, 15) is 9.59 Å². The lowest BCUT2D eigenvalue weighted by Crippen LogP contribution is -2.39. The molecule has 0 atom stereocenters. The summed E-state index contributed by atoms with van der Waals surface area (Å²) in [5.74, 6) is 0.287. The maximum absolute atomic E-state index is 11.4. The van der Waals surface area contributed by atoms with E-state index in [2.05, 4.69) is 64.2 Å². The Balaban J connectivity index is 2.28. The van der Waals surface area contributed by atoms with Crippen LogP contribution < -0.4 is 15.4 Å². The third kappa shape index (κ3) is 7.21. The fourth-order valence-electron chi connectivity index (χ4n) is 1.83. The van der Waals surface area contributed by atoms with Crippen LogP contribution >= 0.6 is 15.9 Å². The smallest absolute Gasteiger partial charge is 0.325 e. The van der Waals surface area contributed by atoms with E-state index in [1.165, 1.54) is 12.7 Å². The topological polar surface area (TPSA) is 76.7 Å². The molecule has 7 heteroatoms. The lowest BCUT2D eigenvalue weighted by Gasteiger charge is -2.20. The Morgan fingerprint density at radius 3 is 2.50 bits per heavy atom. The first-order valence-corrected chi connectivity index (χ1v) is 8.54. The van der Waals surface area contributed by atoms with Crippen molar-refractivity contribution < 1.29 is 19.1 Å². The van der Waals surface area contributed by atoms with E-state index in [0.29, 0.717) is 19.6 Å². The molecule has 2 N–H and O–H groups in total. The van der Waals surface area contributed by atoms with Crippen LogP contribution in [0.15, 0.2) is 22.7 Å². The van der Waals surface area contributed by atoms with Crippen molar-refractivity contribution in [2.45, 2.75) is 32.6 Å². The first-order valence-electron chi connectivity index (χ1n) is 7.75. The molecule has 0 heterocycles. The standard InChI is InChI=1S/C17H25BrN2O4/c1-17(2,3)12-6-7-14(13(18)10-12)24-9-5-8-19-16(22)20-11-15(21)23-4/h6-7,10H,5,8-9,11H2,1-4H3,(H2,19,20,22). The van der Waals surface area contributed by atoms with E-state index >= 15 is 0 Å². The predicted molar refractivity (Wildman–Crippen MR) is 96.4 cm³/mol. The van der Waals surface area contributed by atoms with Crippen molar-refractivity contribution in [3.63, 3.8) is 0 Å². The molecule has 1 aromatic carbocycles. The van der Waals surface area contributed by atoms with Crippen molar-refractivity contribution in [2.24, 2.45) is 0 Å². The van der Waals surface area contributed by atoms with Crippen LogP contribution in [0, 0.1) is 0 Å². The molecule has 6 nitrogen and oxygen atoms in total. The van der Waals surface area contributed by atoms with Crippen molar-refractivity contribution in [3.05, 3.63) is 28.2 Å². The van der Waals surface area contributed by atoms with Gasteiger partial charge >= 0.3 is 12.0 Å². The van der Waals surface area contributed by atoms with Crippen LogP contribution in [0.4, 0.5) is 4.79 Å². The van der Waals surface area contributed by atoms with Gasteiger partial charge in [-0.15, -0.1) is 0 Å². The number of hydrogen-bond donors (Lipinski definition) is 2. The maximum atomic E-state index is 11.4. The van der Waals surface area contributed by atoms with Gasteiger partial charge in [0.25, 0.3) is 0 Å². The molecule has 0 saturated heterocycles. The summed E-state index contributed by atoms with van der Waals surface area (Å²) in [6.45, 7) is 7.26. The van der Waals surface area contributed by atoms with E-state index in [-0.39, 0.29) is 12.0 Å². The number of halogens is 1. The van der Waals surface area contributed by atoms with E-state index < -0.39 is 12.0 Å². The van der Waals surface area contributed by atoms with Crippen molar-refractivity contribution >= 4 is 27.9 Å². The highest BCUT2D eigenvalue weighted by Crippen LogP contribution is 2.31. The minimum atomic E-state index is -0.489. The lowest BCUT2D eigenvalue weighted by molar-refractivity contribution is -0.139. The molecule has 0 radical (unpaired) electrons. The summed E-state index contributed by atoms with van der Waals surface area (Å²) in [5.41, 5.74) is 1.31. The highest BCUT2D eigenvalue weighted by molar-refractivity contribution is 9.10. The van der Waals surface area contributed by atoms with Gasteiger partial charge in [0.2, 0.25) is 0 Å². The molecule has 1 aromatic rings. The molecule has 0 fully saturated rings. The fourth-order valence-corrected chi connectivity index (χ4v) is 2.32. The maximum Gasteiger partial charge on any atom is 0.325 e. The van der Waals surface area contributed by atoms with E-state index in [4.69, 9.17) is 4.74 Å². The van der Waals surface area contributed by atoms with E-state index in [0.717, 1.165) is 10.2 Å². The predicted octanol–water partition coefficient (Wildman–Crippen LogP) is 2.99. The highest BCUT2D eigenvalue weighted by atomic mass is 79.9. The summed E-state index contributed by atoms with van der Waals surface area (Å²) >= 11 is 3.52. The molecule has 0 aromatic heterocycles. The number of carbonyl (C=O) groups excluding carboxylic acids is 2. The zero-order chi connectivity index (χ0) is 18.2. The van der Waals surface area contributed by atoms with Gasteiger partial charge in [0.05, 0.1) is 18.2 Å². The van der Waals surface area contributed by atoms with Crippen molar-refractivity contribution in [3.8, 4) is 5.75 Å². The van der Waals surface area contributed by atoms with Crippen LogP contribution in [0.5, 0.6) is 5.75 Å². The molecule has 0 saturated carbocycles. The summed E-state index contributed by atoms with van der Waals surface area (Å²) in [5, 5.41) is 5.04. The van der Waals surface area contributed by atoms with Crippen LogP contribution in [-0.2, 0) is 14.9 Å². The third-order valence-corrected chi connectivity index (χ3v) is 3.90. The fraction of sp³-hybridized carbons (Fsp3) is 0.529. The van der Waals surface area contributed by atoms with Gasteiger partial charge in [-0.3, -0.25) is 4.79 Å². The second kappa shape index (κ2) is 9.52. The van der Waals surface area contributed by atoms with Crippen LogP contribution in [0.25, 0.3) is 0 Å². The van der Waals surface area contributed by atoms with Crippen LogP contribution in [0.1, 0.15) is 32.8 Å². The molecule has 0 spiro atoms. The van der Waals surface area contributed by atoms with Crippen LogP contribution in [0.2, 0.25) is 0 Å². The Morgan fingerprint density at radius 2 is 1.92 bits per heavy atom. The Bertz CT molecular complexity index is 570. The van der Waals surface area contributed by atoms with Crippen molar-refractivity contribution in [1.82, 2.24) is 10.6 Å². The lowest BCUT2D eigenvalue weighted by atomic mass is 9.87. The minimum absolute atomic E-state index is 0.0858. The number of rotatable bonds is 7. The quantitative estimate of drug-likeness (QED) is 0.544. The SMILES string of the molecule is COC(=O)CNC(=O)NCCCOc1ccc(C(C)(C)C)cc1Br. The number of urea groups is 1. The molecule has 2 amide bonds. The molecule has 0 aliphatic rings. The first-order chi connectivity index (χ1) is 11.2. The minimum Gasteiger partial charge on any atom is -0.492 e. The number of nitrogens with one attached hydrogen (secondary N) is 2. The Morgan fingerprint density at radius 1 is 1.21 bits per heavy atom. The number of benzene rings is 1. The molecule has 1 rings (SSSR count). The first kappa shape index (κ1) is 20.3. The second-order valence-corrected chi connectivity index (χ2v) is 7.14. The molecule has 24 heavy (non-hydrogen) atoms. The highest BCUT2D eigenvalue weighted by Gasteiger charge is 2.15. The largest absolute Gasteiger partial charge is 0.492 e. The van der Waals surface area contributed by atoms with Gasteiger partial charge in [0.1, 0.15) is 12.3 Å². The Hall–Kier alpha value is -1.76. The van der Waals surface area contributed by atoms with E-state index in [1.54, 1.807) is 0 Å². The van der Waals surface area contributed by atoms with Gasteiger partial charge < -0.3 is 20.1 Å². The molecule has 0 bridgehead atoms. The molecular weight excluding hydrogens is 376 g/mol. The number of esters is 1. The average Bonchev–Trinajstić information content (AvgIpc) is 2.52. The molecule has 0 aliphatic heterocycles. The van der Waals surface area contributed by atoms with Gasteiger partial charge in [-0.05, 0) is 45.5 Å². The number of ether oxygens (including phenoxy) is 2. The monoisotopic (exact) mass is 400 g/mol. The van der Waals surface area contributed by atoms with Gasteiger partial charge in [0, 0.05) is 6.54 Å². The molecule has 0 unspecified atom stereocenters.